The van der Waals surface area contributed by atoms with Gasteiger partial charge in [0.1, 0.15) is 0 Å². The summed E-state index contributed by atoms with van der Waals surface area (Å²) in [6.45, 7) is 9.36. The summed E-state index contributed by atoms with van der Waals surface area (Å²) in [4.78, 5) is 0. The van der Waals surface area contributed by atoms with Gasteiger partial charge in [-0.1, -0.05) is 32.9 Å². The summed E-state index contributed by atoms with van der Waals surface area (Å²) in [7, 11) is -3.23. The molecule has 0 aliphatic carbocycles. The lowest BCUT2D eigenvalue weighted by atomic mass is 10.1. The van der Waals surface area contributed by atoms with E-state index in [1.165, 1.54) is 0 Å². The van der Waals surface area contributed by atoms with Crippen LogP contribution in [0.4, 0.5) is 5.69 Å². The second kappa shape index (κ2) is 7.33. The van der Waals surface area contributed by atoms with Crippen LogP contribution in [0.15, 0.2) is 24.3 Å². The number of hydrogen-bond donors (Lipinski definition) is 1. The summed E-state index contributed by atoms with van der Waals surface area (Å²) < 4.78 is 25.7. The number of rotatable bonds is 4. The minimum Gasteiger partial charge on any atom is -0.283 e. The first kappa shape index (κ1) is 16.0. The molecule has 1 N–H and O–H groups in total. The number of hydrogen-bond acceptors (Lipinski definition) is 2. The molecule has 0 amide bonds. The molecule has 3 nitrogen and oxygen atoms in total. The lowest BCUT2D eigenvalue weighted by Crippen LogP contribution is -2.22. The maximum Gasteiger partial charge on any atom is 0.235 e. The Hall–Kier alpha value is -1.03. The summed E-state index contributed by atoms with van der Waals surface area (Å²) in [5, 5.41) is -0.414. The standard InChI is InChI=1S/C11H17NO2S.C2H6.H2/c1-4-10-6-5-7-11(8-10)12-15(13,14)9(2)3;1-2;/h5-9,12H,4H2,1-3H3;1-2H3;1H. The van der Waals surface area contributed by atoms with Crippen molar-refractivity contribution in [1.82, 2.24) is 0 Å². The van der Waals surface area contributed by atoms with E-state index >= 15 is 0 Å². The van der Waals surface area contributed by atoms with Crippen molar-refractivity contribution in [2.75, 3.05) is 4.72 Å². The Morgan fingerprint density at radius 3 is 2.35 bits per heavy atom. The van der Waals surface area contributed by atoms with Crippen LogP contribution in [0, 0.1) is 0 Å². The Balaban J connectivity index is 0. The lowest BCUT2D eigenvalue weighted by Gasteiger charge is -2.11. The van der Waals surface area contributed by atoms with Crippen LogP contribution in [0.25, 0.3) is 0 Å². The van der Waals surface area contributed by atoms with E-state index in [4.69, 9.17) is 0 Å². The molecule has 1 aromatic carbocycles. The first-order valence-corrected chi connectivity index (χ1v) is 7.61. The smallest absolute Gasteiger partial charge is 0.235 e. The van der Waals surface area contributed by atoms with Crippen molar-refractivity contribution in [2.24, 2.45) is 0 Å². The molecule has 4 heteroatoms. The van der Waals surface area contributed by atoms with Crippen LogP contribution >= 0.6 is 0 Å². The van der Waals surface area contributed by atoms with E-state index in [0.717, 1.165) is 12.0 Å². The van der Waals surface area contributed by atoms with Crippen LogP contribution in [0.1, 0.15) is 41.6 Å². The van der Waals surface area contributed by atoms with Crippen LogP contribution in [-0.2, 0) is 16.4 Å². The van der Waals surface area contributed by atoms with Crippen molar-refractivity contribution in [3.63, 3.8) is 0 Å². The summed E-state index contributed by atoms with van der Waals surface area (Å²) in [6, 6.07) is 7.46. The van der Waals surface area contributed by atoms with Crippen LogP contribution in [0.5, 0.6) is 0 Å². The topological polar surface area (TPSA) is 46.2 Å². The highest BCUT2D eigenvalue weighted by atomic mass is 32.2. The second-order valence-electron chi connectivity index (χ2n) is 3.75. The van der Waals surface area contributed by atoms with Crippen molar-refractivity contribution >= 4 is 15.7 Å². The summed E-state index contributed by atoms with van der Waals surface area (Å²) >= 11 is 0. The van der Waals surface area contributed by atoms with E-state index in [2.05, 4.69) is 4.72 Å². The van der Waals surface area contributed by atoms with E-state index in [9.17, 15) is 8.42 Å². The number of nitrogens with one attached hydrogen (secondary N) is 1. The molecule has 1 aromatic rings. The molecular weight excluding hydrogens is 234 g/mol. The zero-order valence-corrected chi connectivity index (χ0v) is 12.1. The zero-order chi connectivity index (χ0) is 13.5. The molecule has 0 radical (unpaired) electrons. The highest BCUT2D eigenvalue weighted by molar-refractivity contribution is 7.93. The Kier molecular flexibility index (Phi) is 6.88. The molecule has 1 rings (SSSR count). The SMILES string of the molecule is CC.CCc1cccc(NS(=O)(=O)C(C)C)c1.[HH]. The lowest BCUT2D eigenvalue weighted by molar-refractivity contribution is 0.593. The minimum absolute atomic E-state index is 0. The summed E-state index contributed by atoms with van der Waals surface area (Å²) in [6.07, 6.45) is 0.900. The fourth-order valence-electron chi connectivity index (χ4n) is 1.14. The van der Waals surface area contributed by atoms with Crippen molar-refractivity contribution in [3.05, 3.63) is 29.8 Å². The maximum atomic E-state index is 11.6. The largest absolute Gasteiger partial charge is 0.283 e. The van der Waals surface area contributed by atoms with Gasteiger partial charge in [0.05, 0.1) is 5.25 Å². The van der Waals surface area contributed by atoms with Gasteiger partial charge in [-0.25, -0.2) is 8.42 Å². The Morgan fingerprint density at radius 2 is 1.88 bits per heavy atom. The third-order valence-corrected chi connectivity index (χ3v) is 3.98. The third-order valence-electron chi connectivity index (χ3n) is 2.22. The number of anilines is 1. The van der Waals surface area contributed by atoms with Gasteiger partial charge in [-0.3, -0.25) is 4.72 Å². The highest BCUT2D eigenvalue weighted by Crippen LogP contribution is 2.14. The highest BCUT2D eigenvalue weighted by Gasteiger charge is 2.15. The summed E-state index contributed by atoms with van der Waals surface area (Å²) in [5.74, 6) is 0. The molecule has 17 heavy (non-hydrogen) atoms. The van der Waals surface area contributed by atoms with Gasteiger partial charge in [-0.2, -0.15) is 0 Å². The van der Waals surface area contributed by atoms with Crippen LogP contribution < -0.4 is 4.72 Å². The average molecular weight is 259 g/mol. The summed E-state index contributed by atoms with van der Waals surface area (Å²) in [5.41, 5.74) is 1.77. The molecule has 0 saturated heterocycles. The van der Waals surface area contributed by atoms with Gasteiger partial charge in [0.15, 0.2) is 0 Å². The first-order chi connectivity index (χ1) is 7.95. The van der Waals surface area contributed by atoms with Crippen LogP contribution in [-0.4, -0.2) is 13.7 Å². The Labute approximate surface area is 107 Å². The normalized spacial score (nSPS) is 10.7. The molecule has 0 aliphatic heterocycles. The van der Waals surface area contributed by atoms with Gasteiger partial charge in [0, 0.05) is 7.11 Å². The average Bonchev–Trinajstić information content (AvgIpc) is 2.31. The molecular formula is C13H25NO2S. The predicted molar refractivity (Wildman–Crippen MR) is 77.0 cm³/mol. The fraction of sp³-hybridized carbons (Fsp3) is 0.538. The van der Waals surface area contributed by atoms with Gasteiger partial charge < -0.3 is 0 Å². The van der Waals surface area contributed by atoms with E-state index in [1.807, 2.05) is 39.0 Å². The van der Waals surface area contributed by atoms with Crippen molar-refractivity contribution in [1.29, 1.82) is 0 Å². The molecule has 0 saturated carbocycles. The molecule has 0 aromatic heterocycles. The minimum atomic E-state index is -3.23. The molecule has 0 heterocycles. The molecule has 0 fully saturated rings. The number of sulfonamides is 1. The van der Waals surface area contributed by atoms with Crippen molar-refractivity contribution < 1.29 is 9.84 Å². The first-order valence-electron chi connectivity index (χ1n) is 6.06. The van der Waals surface area contributed by atoms with E-state index in [-0.39, 0.29) is 1.43 Å². The number of aryl methyl sites for hydroxylation is 1. The van der Waals surface area contributed by atoms with Gasteiger partial charge in [-0.15, -0.1) is 0 Å². The fourth-order valence-corrected chi connectivity index (χ4v) is 1.83. The molecule has 0 spiro atoms. The predicted octanol–water partition coefficient (Wildman–Crippen LogP) is 3.67. The van der Waals surface area contributed by atoms with Gasteiger partial charge in [-0.05, 0) is 38.0 Å². The van der Waals surface area contributed by atoms with Crippen LogP contribution in [0.3, 0.4) is 0 Å². The monoisotopic (exact) mass is 259 g/mol. The second-order valence-corrected chi connectivity index (χ2v) is 5.99. The maximum absolute atomic E-state index is 11.6. The van der Waals surface area contributed by atoms with Gasteiger partial charge >= 0.3 is 0 Å². The van der Waals surface area contributed by atoms with Gasteiger partial charge in [0.25, 0.3) is 0 Å². The Bertz CT molecular complexity index is 430. The molecule has 0 unspecified atom stereocenters. The molecule has 100 valence electrons. The molecule has 0 atom stereocenters. The molecule has 0 aliphatic rings. The van der Waals surface area contributed by atoms with Crippen molar-refractivity contribution in [2.45, 2.75) is 46.3 Å². The van der Waals surface area contributed by atoms with Crippen molar-refractivity contribution in [3.8, 4) is 0 Å². The van der Waals surface area contributed by atoms with E-state index in [0.29, 0.717) is 5.69 Å². The van der Waals surface area contributed by atoms with Gasteiger partial charge in [0.2, 0.25) is 10.0 Å². The third kappa shape index (κ3) is 5.22. The van der Waals surface area contributed by atoms with E-state index in [1.54, 1.807) is 19.9 Å². The van der Waals surface area contributed by atoms with E-state index < -0.39 is 15.3 Å². The van der Waals surface area contributed by atoms with Crippen LogP contribution in [0.2, 0.25) is 0 Å². The quantitative estimate of drug-likeness (QED) is 0.896. The molecule has 0 bridgehead atoms. The zero-order valence-electron chi connectivity index (χ0n) is 11.3. The number of benzene rings is 1. The Morgan fingerprint density at radius 1 is 1.29 bits per heavy atom.